The summed E-state index contributed by atoms with van der Waals surface area (Å²) >= 11 is 3.09. The van der Waals surface area contributed by atoms with Crippen molar-refractivity contribution in [2.45, 2.75) is 61.7 Å². The number of aliphatic carboxylic acids is 1. The van der Waals surface area contributed by atoms with Gasteiger partial charge < -0.3 is 15.4 Å². The number of aromatic nitrogens is 1. The molecule has 2 bridgehead atoms. The molecule has 0 spiro atoms. The van der Waals surface area contributed by atoms with Crippen molar-refractivity contribution in [1.29, 1.82) is 5.41 Å². The molecule has 0 saturated carbocycles. The highest BCUT2D eigenvalue weighted by Crippen LogP contribution is 2.40. The van der Waals surface area contributed by atoms with E-state index in [2.05, 4.69) is 29.1 Å². The van der Waals surface area contributed by atoms with Crippen LogP contribution in [-0.2, 0) is 23.1 Å². The fourth-order valence-electron chi connectivity index (χ4n) is 5.72. The van der Waals surface area contributed by atoms with Crippen LogP contribution in [0.5, 0.6) is 0 Å². The third-order valence-electron chi connectivity index (χ3n) is 8.47. The van der Waals surface area contributed by atoms with E-state index in [1.165, 1.54) is 23.9 Å². The second-order valence-corrected chi connectivity index (χ2v) is 14.7. The highest BCUT2D eigenvalue weighted by atomic mass is 32.2. The molecule has 45 heavy (non-hydrogen) atoms. The van der Waals surface area contributed by atoms with Crippen LogP contribution < -0.4 is 5.32 Å². The zero-order chi connectivity index (χ0) is 32.4. The van der Waals surface area contributed by atoms with Crippen LogP contribution in [0.4, 0.5) is 8.78 Å². The molecule has 1 atom stereocenters. The first kappa shape index (κ1) is 32.8. The summed E-state index contributed by atoms with van der Waals surface area (Å²) in [5, 5.41) is 22.7. The summed E-state index contributed by atoms with van der Waals surface area (Å²) in [5.41, 5.74) is 2.30. The standard InChI is InChI=1S/C35H38F2N4O2S2/c1-34(2)12-13-35(3,22-7-5-6-21(16-22)17-30(42)43)33(38)41-32(39-4)26-18-23(8-9-27(26)36)45-31-25(11-15-44-20-34)24-10-14-40-29(24)19-28(31)37/h5-10,14,16,18-19,40H,11-13,15,17,20H2,1-4H3,(H,42,43)(H2,38,39,41)/t35-/m1/s1. The smallest absolute Gasteiger partial charge is 0.307 e. The van der Waals surface area contributed by atoms with Crippen molar-refractivity contribution in [1.82, 2.24) is 10.3 Å². The van der Waals surface area contributed by atoms with Crippen molar-refractivity contribution < 1.29 is 18.7 Å². The molecular weight excluding hydrogens is 611 g/mol. The first-order valence-electron chi connectivity index (χ1n) is 14.9. The highest BCUT2D eigenvalue weighted by molar-refractivity contribution is 7.99. The number of carboxylic acids is 1. The maximum absolute atomic E-state index is 15.6. The average molecular weight is 649 g/mol. The van der Waals surface area contributed by atoms with Gasteiger partial charge in [-0.3, -0.25) is 10.2 Å². The van der Waals surface area contributed by atoms with E-state index in [0.717, 1.165) is 40.0 Å². The van der Waals surface area contributed by atoms with Gasteiger partial charge in [0.2, 0.25) is 0 Å². The van der Waals surface area contributed by atoms with Gasteiger partial charge in [0.1, 0.15) is 23.3 Å². The van der Waals surface area contributed by atoms with Crippen LogP contribution in [0.2, 0.25) is 0 Å². The second kappa shape index (κ2) is 13.4. The molecule has 1 aliphatic heterocycles. The summed E-state index contributed by atoms with van der Waals surface area (Å²) in [4.78, 5) is 20.5. The highest BCUT2D eigenvalue weighted by Gasteiger charge is 2.35. The topological polar surface area (TPSA) is 101 Å². The van der Waals surface area contributed by atoms with Crippen molar-refractivity contribution in [3.63, 3.8) is 0 Å². The number of H-pyrrole nitrogens is 1. The van der Waals surface area contributed by atoms with Crippen molar-refractivity contribution >= 4 is 52.1 Å². The Bertz CT molecular complexity index is 1780. The molecule has 2 heterocycles. The Hall–Kier alpha value is -3.63. The molecule has 0 unspecified atom stereocenters. The first-order chi connectivity index (χ1) is 21.4. The molecule has 3 aromatic carbocycles. The van der Waals surface area contributed by atoms with Crippen LogP contribution in [0.1, 0.15) is 55.9 Å². The van der Waals surface area contributed by atoms with Crippen LogP contribution in [0.25, 0.3) is 10.9 Å². The Morgan fingerprint density at radius 1 is 1.09 bits per heavy atom. The maximum Gasteiger partial charge on any atom is 0.307 e. The molecule has 4 aromatic rings. The van der Waals surface area contributed by atoms with Gasteiger partial charge in [0.15, 0.2) is 0 Å². The molecule has 0 fully saturated rings. The number of carbonyl (C=O) groups is 1. The molecule has 4 N–H and O–H groups in total. The van der Waals surface area contributed by atoms with Gasteiger partial charge in [-0.1, -0.05) is 49.9 Å². The fourth-order valence-corrected chi connectivity index (χ4v) is 7.95. The lowest BCUT2D eigenvalue weighted by atomic mass is 9.73. The van der Waals surface area contributed by atoms with Crippen LogP contribution in [0.3, 0.4) is 0 Å². The van der Waals surface area contributed by atoms with Gasteiger partial charge in [-0.05, 0) is 90.1 Å². The third kappa shape index (κ3) is 7.28. The number of halogens is 2. The van der Waals surface area contributed by atoms with E-state index in [-0.39, 0.29) is 34.9 Å². The van der Waals surface area contributed by atoms with Crippen LogP contribution >= 0.6 is 23.5 Å². The minimum atomic E-state index is -0.928. The van der Waals surface area contributed by atoms with Crippen LogP contribution in [0.15, 0.2) is 75.6 Å². The Balaban J connectivity index is 1.63. The molecule has 1 aromatic heterocycles. The molecule has 10 heteroatoms. The zero-order valence-electron chi connectivity index (χ0n) is 25.9. The van der Waals surface area contributed by atoms with Gasteiger partial charge in [-0.25, -0.2) is 13.8 Å². The minimum Gasteiger partial charge on any atom is -0.481 e. The number of carboxylic acid groups (broad SMARTS) is 1. The number of thioether (sulfide) groups is 1. The van der Waals surface area contributed by atoms with Crippen LogP contribution in [0, 0.1) is 22.5 Å². The summed E-state index contributed by atoms with van der Waals surface area (Å²) in [6.07, 6.45) is 3.71. The summed E-state index contributed by atoms with van der Waals surface area (Å²) < 4.78 is 31.0. The molecule has 0 radical (unpaired) electrons. The molecule has 0 aliphatic carbocycles. The van der Waals surface area contributed by atoms with Crippen molar-refractivity contribution in [3.8, 4) is 0 Å². The number of aryl methyl sites for hydroxylation is 1. The van der Waals surface area contributed by atoms with E-state index in [4.69, 9.17) is 0 Å². The van der Waals surface area contributed by atoms with E-state index in [1.54, 1.807) is 25.2 Å². The largest absolute Gasteiger partial charge is 0.481 e. The number of hydrogen-bond donors (Lipinski definition) is 4. The predicted octanol–water partition coefficient (Wildman–Crippen LogP) is 8.22. The van der Waals surface area contributed by atoms with Crippen molar-refractivity contribution in [3.05, 3.63) is 94.7 Å². The van der Waals surface area contributed by atoms with Gasteiger partial charge in [-0.15, -0.1) is 0 Å². The number of nitrogens with one attached hydrogen (secondary N) is 3. The zero-order valence-corrected chi connectivity index (χ0v) is 27.5. The number of amidine groups is 2. The van der Waals surface area contributed by atoms with Gasteiger partial charge in [0, 0.05) is 29.0 Å². The summed E-state index contributed by atoms with van der Waals surface area (Å²) in [6, 6.07) is 15.5. The summed E-state index contributed by atoms with van der Waals surface area (Å²) in [6.45, 7) is 6.36. The maximum atomic E-state index is 15.6. The first-order valence-corrected chi connectivity index (χ1v) is 16.9. The van der Waals surface area contributed by atoms with E-state index >= 15 is 8.78 Å². The summed E-state index contributed by atoms with van der Waals surface area (Å²) in [7, 11) is 1.64. The van der Waals surface area contributed by atoms with Gasteiger partial charge >= 0.3 is 5.97 Å². The van der Waals surface area contributed by atoms with Gasteiger partial charge in [0.25, 0.3) is 0 Å². The van der Waals surface area contributed by atoms with Gasteiger partial charge in [0.05, 0.1) is 22.3 Å². The number of rotatable bonds is 3. The Morgan fingerprint density at radius 3 is 2.64 bits per heavy atom. The Labute approximate surface area is 271 Å². The Kier molecular flexibility index (Phi) is 9.74. The number of fused-ring (bicyclic) bond motifs is 5. The minimum absolute atomic E-state index is 0.0378. The lowest BCUT2D eigenvalue weighted by Gasteiger charge is -2.34. The van der Waals surface area contributed by atoms with Gasteiger partial charge in [-0.2, -0.15) is 11.8 Å². The third-order valence-corrected chi connectivity index (χ3v) is 11.1. The summed E-state index contributed by atoms with van der Waals surface area (Å²) in [5.74, 6) is 0.117. The molecule has 236 valence electrons. The Morgan fingerprint density at radius 2 is 1.89 bits per heavy atom. The monoisotopic (exact) mass is 648 g/mol. The molecule has 0 amide bonds. The van der Waals surface area contributed by atoms with Crippen LogP contribution in [-0.4, -0.2) is 46.3 Å². The lowest BCUT2D eigenvalue weighted by molar-refractivity contribution is -0.136. The molecule has 1 aliphatic rings. The molecular formula is C35H38F2N4O2S2. The average Bonchev–Trinajstić information content (AvgIpc) is 3.46. The van der Waals surface area contributed by atoms with E-state index < -0.39 is 17.2 Å². The predicted molar refractivity (Wildman–Crippen MR) is 181 cm³/mol. The number of hydrogen-bond acceptors (Lipinski definition) is 5. The quantitative estimate of drug-likeness (QED) is 0.179. The normalized spacial score (nSPS) is 20.6. The molecule has 0 saturated heterocycles. The van der Waals surface area contributed by atoms with E-state index in [1.807, 2.05) is 49.1 Å². The lowest BCUT2D eigenvalue weighted by Crippen LogP contribution is -2.35. The van der Waals surface area contributed by atoms with Crippen molar-refractivity contribution in [2.75, 3.05) is 18.6 Å². The molecule has 5 rings (SSSR count). The number of aromatic amines is 1. The number of nitrogens with zero attached hydrogens (tertiary/aromatic N) is 1. The van der Waals surface area contributed by atoms with E-state index in [9.17, 15) is 15.3 Å². The van der Waals surface area contributed by atoms with E-state index in [0.29, 0.717) is 28.2 Å². The van der Waals surface area contributed by atoms with Crippen molar-refractivity contribution in [2.24, 2.45) is 10.4 Å². The SMILES string of the molecule is CN/C1=N\C(=N)[C@@](C)(c2cccc(CC(=O)O)c2)CCC(C)(C)CSCCc2c(c(F)cc3[nH]ccc23)Sc2ccc(F)c1c2. The number of benzene rings is 3. The number of aliphatic imine (C=N–C) groups is 1. The second-order valence-electron chi connectivity index (χ2n) is 12.5. The molecule has 6 nitrogen and oxygen atoms in total. The fraction of sp³-hybridized carbons (Fsp3) is 0.343.